The molecule has 27 heavy (non-hydrogen) atoms. The summed E-state index contributed by atoms with van der Waals surface area (Å²) >= 11 is 0. The second kappa shape index (κ2) is 9.38. The van der Waals surface area contributed by atoms with E-state index in [1.165, 1.54) is 12.1 Å². The highest BCUT2D eigenvalue weighted by molar-refractivity contribution is 5.86. The third kappa shape index (κ3) is 6.81. The minimum absolute atomic E-state index is 0.0264. The number of amides is 2. The van der Waals surface area contributed by atoms with E-state index < -0.39 is 17.9 Å². The van der Waals surface area contributed by atoms with Gasteiger partial charge in [-0.2, -0.15) is 0 Å². The molecule has 0 spiro atoms. The van der Waals surface area contributed by atoms with Gasteiger partial charge in [0.1, 0.15) is 11.8 Å². The lowest BCUT2D eigenvalue weighted by molar-refractivity contribution is -0.141. The fourth-order valence-corrected chi connectivity index (χ4v) is 2.41. The van der Waals surface area contributed by atoms with Gasteiger partial charge in [0.05, 0.1) is 12.8 Å². The molecule has 4 N–H and O–H groups in total. The first-order chi connectivity index (χ1) is 12.8. The average Bonchev–Trinajstić information content (AvgIpc) is 2.62. The smallest absolute Gasteiger partial charge is 0.328 e. The third-order valence-corrected chi connectivity index (χ3v) is 3.92. The Morgan fingerprint density at radius 3 is 1.96 bits per heavy atom. The molecule has 0 unspecified atom stereocenters. The Balaban J connectivity index is 1.84. The quantitative estimate of drug-likeness (QED) is 0.557. The molecule has 2 rings (SSSR count). The fourth-order valence-electron chi connectivity index (χ4n) is 2.41. The summed E-state index contributed by atoms with van der Waals surface area (Å²) in [5, 5.41) is 23.4. The maximum absolute atomic E-state index is 12.0. The van der Waals surface area contributed by atoms with Gasteiger partial charge >= 0.3 is 5.97 Å². The van der Waals surface area contributed by atoms with Crippen molar-refractivity contribution < 1.29 is 24.6 Å². The SMILES string of the molecule is Cc1ccc(CC(=O)NC[C@H](NC(=O)Cc2ccc(O)cc2)C(=O)O)cc1. The summed E-state index contributed by atoms with van der Waals surface area (Å²) in [5.74, 6) is -1.96. The summed E-state index contributed by atoms with van der Waals surface area (Å²) < 4.78 is 0. The van der Waals surface area contributed by atoms with E-state index in [0.29, 0.717) is 5.56 Å². The van der Waals surface area contributed by atoms with Crippen molar-refractivity contribution in [3.05, 3.63) is 65.2 Å². The molecule has 2 aromatic carbocycles. The number of carbonyl (C=O) groups is 3. The van der Waals surface area contributed by atoms with Crippen LogP contribution in [0.4, 0.5) is 0 Å². The largest absolute Gasteiger partial charge is 0.508 e. The van der Waals surface area contributed by atoms with Gasteiger partial charge in [0.2, 0.25) is 11.8 Å². The van der Waals surface area contributed by atoms with Crippen molar-refractivity contribution in [2.24, 2.45) is 0 Å². The standard InChI is InChI=1S/C20H22N2O5/c1-13-2-4-14(5-3-13)10-18(24)21-12-17(20(26)27)22-19(25)11-15-6-8-16(23)9-7-15/h2-9,17,23H,10-12H2,1H3,(H,21,24)(H,22,25)(H,26,27)/t17-/m0/s1. The minimum Gasteiger partial charge on any atom is -0.508 e. The second-order valence-corrected chi connectivity index (χ2v) is 6.27. The van der Waals surface area contributed by atoms with E-state index in [2.05, 4.69) is 10.6 Å². The zero-order chi connectivity index (χ0) is 19.8. The number of rotatable bonds is 8. The Labute approximate surface area is 157 Å². The first-order valence-electron chi connectivity index (χ1n) is 8.46. The van der Waals surface area contributed by atoms with Crippen LogP contribution in [0.5, 0.6) is 5.75 Å². The van der Waals surface area contributed by atoms with Crippen molar-refractivity contribution in [3.63, 3.8) is 0 Å². The van der Waals surface area contributed by atoms with Gasteiger partial charge in [0, 0.05) is 6.54 Å². The van der Waals surface area contributed by atoms with Crippen LogP contribution < -0.4 is 10.6 Å². The minimum atomic E-state index is -1.23. The van der Waals surface area contributed by atoms with E-state index >= 15 is 0 Å². The topological polar surface area (TPSA) is 116 Å². The van der Waals surface area contributed by atoms with E-state index in [4.69, 9.17) is 0 Å². The van der Waals surface area contributed by atoms with E-state index in [1.807, 2.05) is 31.2 Å². The highest BCUT2D eigenvalue weighted by Gasteiger charge is 2.20. The number of nitrogens with one attached hydrogen (secondary N) is 2. The molecule has 0 aliphatic rings. The molecular formula is C20H22N2O5. The molecule has 0 saturated carbocycles. The predicted octanol–water partition coefficient (Wildman–Crippen LogP) is 1.17. The van der Waals surface area contributed by atoms with Crippen LogP contribution in [0.1, 0.15) is 16.7 Å². The molecule has 0 heterocycles. The lowest BCUT2D eigenvalue weighted by Gasteiger charge is -2.15. The van der Waals surface area contributed by atoms with Gasteiger partial charge < -0.3 is 20.8 Å². The fraction of sp³-hybridized carbons (Fsp3) is 0.250. The monoisotopic (exact) mass is 370 g/mol. The van der Waals surface area contributed by atoms with Gasteiger partial charge in [-0.1, -0.05) is 42.0 Å². The Bertz CT molecular complexity index is 800. The van der Waals surface area contributed by atoms with Gasteiger partial charge in [0.15, 0.2) is 0 Å². The summed E-state index contributed by atoms with van der Waals surface area (Å²) in [6, 6.07) is 12.3. The Hall–Kier alpha value is -3.35. The number of carboxylic acid groups (broad SMARTS) is 1. The van der Waals surface area contributed by atoms with Gasteiger partial charge in [-0.05, 0) is 30.2 Å². The molecule has 0 bridgehead atoms. The number of phenolic OH excluding ortho intramolecular Hbond substituents is 1. The normalized spacial score (nSPS) is 11.4. The number of aliphatic carboxylic acids is 1. The van der Waals surface area contributed by atoms with Crippen molar-refractivity contribution in [2.75, 3.05) is 6.54 Å². The van der Waals surface area contributed by atoms with Crippen LogP contribution in [-0.4, -0.2) is 40.6 Å². The first-order valence-corrected chi connectivity index (χ1v) is 8.46. The van der Waals surface area contributed by atoms with Crippen molar-refractivity contribution in [3.8, 4) is 5.75 Å². The van der Waals surface area contributed by atoms with Crippen LogP contribution in [-0.2, 0) is 27.2 Å². The van der Waals surface area contributed by atoms with Crippen LogP contribution in [0.15, 0.2) is 48.5 Å². The summed E-state index contributed by atoms with van der Waals surface area (Å²) in [5.41, 5.74) is 2.54. The lowest BCUT2D eigenvalue weighted by Crippen LogP contribution is -2.49. The number of carbonyl (C=O) groups excluding carboxylic acids is 2. The highest BCUT2D eigenvalue weighted by Crippen LogP contribution is 2.10. The highest BCUT2D eigenvalue weighted by atomic mass is 16.4. The van der Waals surface area contributed by atoms with Gasteiger partial charge in [-0.3, -0.25) is 9.59 Å². The van der Waals surface area contributed by atoms with E-state index in [9.17, 15) is 24.6 Å². The van der Waals surface area contributed by atoms with E-state index in [1.54, 1.807) is 12.1 Å². The predicted molar refractivity (Wildman–Crippen MR) is 99.3 cm³/mol. The molecule has 2 aromatic rings. The average molecular weight is 370 g/mol. The van der Waals surface area contributed by atoms with E-state index in [-0.39, 0.29) is 31.0 Å². The summed E-state index contributed by atoms with van der Waals surface area (Å²) in [7, 11) is 0. The van der Waals surface area contributed by atoms with Crippen molar-refractivity contribution in [1.82, 2.24) is 10.6 Å². The number of benzene rings is 2. The summed E-state index contributed by atoms with van der Waals surface area (Å²) in [6.45, 7) is 1.74. The van der Waals surface area contributed by atoms with Gasteiger partial charge in [0.25, 0.3) is 0 Å². The van der Waals surface area contributed by atoms with Crippen molar-refractivity contribution in [1.29, 1.82) is 0 Å². The van der Waals surface area contributed by atoms with Crippen molar-refractivity contribution >= 4 is 17.8 Å². The zero-order valence-electron chi connectivity index (χ0n) is 14.9. The van der Waals surface area contributed by atoms with Crippen LogP contribution >= 0.6 is 0 Å². The molecule has 0 saturated heterocycles. The maximum atomic E-state index is 12.0. The van der Waals surface area contributed by atoms with Crippen LogP contribution in [0.3, 0.4) is 0 Å². The molecule has 7 nitrogen and oxygen atoms in total. The van der Waals surface area contributed by atoms with E-state index in [0.717, 1.165) is 11.1 Å². The number of hydrogen-bond acceptors (Lipinski definition) is 4. The lowest BCUT2D eigenvalue weighted by atomic mass is 10.1. The Kier molecular flexibility index (Phi) is 6.93. The van der Waals surface area contributed by atoms with Crippen LogP contribution in [0, 0.1) is 6.92 Å². The number of aryl methyl sites for hydroxylation is 1. The third-order valence-electron chi connectivity index (χ3n) is 3.92. The number of hydrogen-bond donors (Lipinski definition) is 4. The second-order valence-electron chi connectivity index (χ2n) is 6.27. The molecule has 0 aliphatic heterocycles. The number of phenols is 1. The van der Waals surface area contributed by atoms with Gasteiger partial charge in [-0.25, -0.2) is 4.79 Å². The molecule has 1 atom stereocenters. The molecule has 0 fully saturated rings. The van der Waals surface area contributed by atoms with Crippen LogP contribution in [0.2, 0.25) is 0 Å². The first kappa shape index (κ1) is 20.0. The molecule has 0 radical (unpaired) electrons. The number of aromatic hydroxyl groups is 1. The summed E-state index contributed by atoms with van der Waals surface area (Å²) in [6.07, 6.45) is 0.107. The number of carboxylic acids is 1. The molecule has 7 heteroatoms. The molecular weight excluding hydrogens is 348 g/mol. The summed E-state index contributed by atoms with van der Waals surface area (Å²) in [4.78, 5) is 35.4. The zero-order valence-corrected chi connectivity index (χ0v) is 14.9. The van der Waals surface area contributed by atoms with Crippen LogP contribution in [0.25, 0.3) is 0 Å². The Morgan fingerprint density at radius 2 is 1.41 bits per heavy atom. The molecule has 2 amide bonds. The Morgan fingerprint density at radius 1 is 0.889 bits per heavy atom. The molecule has 142 valence electrons. The maximum Gasteiger partial charge on any atom is 0.328 e. The molecule has 0 aliphatic carbocycles. The van der Waals surface area contributed by atoms with Crippen molar-refractivity contribution in [2.45, 2.75) is 25.8 Å². The van der Waals surface area contributed by atoms with Gasteiger partial charge in [-0.15, -0.1) is 0 Å². The molecule has 0 aromatic heterocycles.